The molecule has 138 valence electrons. The molecule has 0 unspecified atom stereocenters. The van der Waals surface area contributed by atoms with E-state index < -0.39 is 5.91 Å². The van der Waals surface area contributed by atoms with Gasteiger partial charge in [0.2, 0.25) is 0 Å². The molecule has 0 bridgehead atoms. The topological polar surface area (TPSA) is 60.3 Å². The highest BCUT2D eigenvalue weighted by Gasteiger charge is 2.13. The first kappa shape index (κ1) is 18.5. The van der Waals surface area contributed by atoms with E-state index in [1.165, 1.54) is 0 Å². The molecule has 27 heavy (non-hydrogen) atoms. The third kappa shape index (κ3) is 4.64. The standard InChI is InChI=1S/C22H22N2O3/c1-3-27-19-11-9-18(10-12-19)23-21(25)20-8-5-13-24(22(20)26)15-17-7-4-6-16(2)14-17/h4-14H,3,15H2,1-2H3,(H,23,25). The van der Waals surface area contributed by atoms with Crippen molar-refractivity contribution in [1.29, 1.82) is 0 Å². The van der Waals surface area contributed by atoms with Crippen LogP contribution in [0, 0.1) is 6.92 Å². The molecule has 0 radical (unpaired) electrons. The zero-order chi connectivity index (χ0) is 19.2. The third-order valence-electron chi connectivity index (χ3n) is 4.12. The number of hydrogen-bond donors (Lipinski definition) is 1. The highest BCUT2D eigenvalue weighted by atomic mass is 16.5. The Morgan fingerprint density at radius 2 is 1.85 bits per heavy atom. The van der Waals surface area contributed by atoms with Gasteiger partial charge in [0.05, 0.1) is 13.2 Å². The Labute approximate surface area is 158 Å². The van der Waals surface area contributed by atoms with Crippen LogP contribution in [0.25, 0.3) is 0 Å². The van der Waals surface area contributed by atoms with E-state index in [9.17, 15) is 9.59 Å². The summed E-state index contributed by atoms with van der Waals surface area (Å²) in [5, 5.41) is 2.76. The number of anilines is 1. The number of ether oxygens (including phenoxy) is 1. The van der Waals surface area contributed by atoms with Crippen molar-refractivity contribution in [3.8, 4) is 5.75 Å². The molecule has 5 nitrogen and oxygen atoms in total. The molecule has 1 N–H and O–H groups in total. The lowest BCUT2D eigenvalue weighted by Gasteiger charge is -2.10. The van der Waals surface area contributed by atoms with E-state index in [0.29, 0.717) is 18.8 Å². The first-order valence-electron chi connectivity index (χ1n) is 8.86. The fourth-order valence-corrected chi connectivity index (χ4v) is 2.84. The van der Waals surface area contributed by atoms with Gasteiger partial charge in [-0.15, -0.1) is 0 Å². The maximum Gasteiger partial charge on any atom is 0.263 e. The van der Waals surface area contributed by atoms with Gasteiger partial charge in [-0.1, -0.05) is 29.8 Å². The summed E-state index contributed by atoms with van der Waals surface area (Å²) >= 11 is 0. The van der Waals surface area contributed by atoms with Gasteiger partial charge in [-0.3, -0.25) is 9.59 Å². The van der Waals surface area contributed by atoms with Crippen LogP contribution in [0.1, 0.15) is 28.4 Å². The van der Waals surface area contributed by atoms with Gasteiger partial charge in [-0.25, -0.2) is 0 Å². The summed E-state index contributed by atoms with van der Waals surface area (Å²) in [5.41, 5.74) is 2.55. The number of nitrogens with zero attached hydrogens (tertiary/aromatic N) is 1. The second-order valence-electron chi connectivity index (χ2n) is 6.26. The van der Waals surface area contributed by atoms with Crippen molar-refractivity contribution in [3.63, 3.8) is 0 Å². The Bertz CT molecular complexity index is 991. The van der Waals surface area contributed by atoms with Crippen LogP contribution in [0.5, 0.6) is 5.75 Å². The number of hydrogen-bond acceptors (Lipinski definition) is 3. The fraction of sp³-hybridized carbons (Fsp3) is 0.182. The molecule has 3 aromatic rings. The summed E-state index contributed by atoms with van der Waals surface area (Å²) in [4.78, 5) is 25.3. The molecule has 3 rings (SSSR count). The molecule has 5 heteroatoms. The van der Waals surface area contributed by atoms with E-state index in [2.05, 4.69) is 5.32 Å². The largest absolute Gasteiger partial charge is 0.494 e. The van der Waals surface area contributed by atoms with E-state index in [4.69, 9.17) is 4.74 Å². The van der Waals surface area contributed by atoms with E-state index in [1.807, 2.05) is 38.1 Å². The molecule has 0 saturated carbocycles. The number of aryl methyl sites for hydroxylation is 1. The molecule has 0 saturated heterocycles. The number of carbonyl (C=O) groups excluding carboxylic acids is 1. The second kappa shape index (κ2) is 8.36. The Morgan fingerprint density at radius 3 is 2.56 bits per heavy atom. The molecule has 2 aromatic carbocycles. The minimum Gasteiger partial charge on any atom is -0.494 e. The molecule has 0 atom stereocenters. The van der Waals surface area contributed by atoms with Gasteiger partial charge >= 0.3 is 0 Å². The minimum atomic E-state index is -0.428. The lowest BCUT2D eigenvalue weighted by molar-refractivity contribution is 0.102. The number of nitrogens with one attached hydrogen (secondary N) is 1. The van der Waals surface area contributed by atoms with E-state index in [0.717, 1.165) is 16.9 Å². The summed E-state index contributed by atoms with van der Waals surface area (Å²) in [6, 6.07) is 18.3. The highest BCUT2D eigenvalue weighted by Crippen LogP contribution is 2.16. The van der Waals surface area contributed by atoms with Crippen LogP contribution < -0.4 is 15.6 Å². The zero-order valence-electron chi connectivity index (χ0n) is 15.4. The van der Waals surface area contributed by atoms with Gasteiger partial charge in [0.1, 0.15) is 11.3 Å². The van der Waals surface area contributed by atoms with Crippen molar-refractivity contribution in [1.82, 2.24) is 4.57 Å². The van der Waals surface area contributed by atoms with Gasteiger partial charge < -0.3 is 14.6 Å². The monoisotopic (exact) mass is 362 g/mol. The molecule has 0 spiro atoms. The van der Waals surface area contributed by atoms with E-state index >= 15 is 0 Å². The lowest BCUT2D eigenvalue weighted by atomic mass is 10.1. The van der Waals surface area contributed by atoms with Crippen LogP contribution in [-0.2, 0) is 6.54 Å². The molecule has 1 aromatic heterocycles. The maximum atomic E-state index is 12.7. The van der Waals surface area contributed by atoms with Gasteiger partial charge in [-0.05, 0) is 55.8 Å². The van der Waals surface area contributed by atoms with Crippen molar-refractivity contribution in [3.05, 3.63) is 93.9 Å². The number of rotatable bonds is 6. The summed E-state index contributed by atoms with van der Waals surface area (Å²) < 4.78 is 6.93. The van der Waals surface area contributed by atoms with Crippen LogP contribution in [-0.4, -0.2) is 17.1 Å². The molecular weight excluding hydrogens is 340 g/mol. The molecule has 0 aliphatic heterocycles. The van der Waals surface area contributed by atoms with E-state index in [1.54, 1.807) is 47.2 Å². The molecular formula is C22H22N2O3. The SMILES string of the molecule is CCOc1ccc(NC(=O)c2cccn(Cc3cccc(C)c3)c2=O)cc1. The van der Waals surface area contributed by atoms with Gasteiger partial charge in [0.15, 0.2) is 0 Å². The second-order valence-corrected chi connectivity index (χ2v) is 6.26. The number of carbonyl (C=O) groups is 1. The maximum absolute atomic E-state index is 12.7. The number of amides is 1. The average molecular weight is 362 g/mol. The highest BCUT2D eigenvalue weighted by molar-refractivity contribution is 6.04. The Kier molecular flexibility index (Phi) is 5.71. The van der Waals surface area contributed by atoms with Crippen molar-refractivity contribution < 1.29 is 9.53 Å². The van der Waals surface area contributed by atoms with Crippen molar-refractivity contribution in [2.45, 2.75) is 20.4 Å². The van der Waals surface area contributed by atoms with E-state index in [-0.39, 0.29) is 11.1 Å². The predicted octanol–water partition coefficient (Wildman–Crippen LogP) is 3.86. The summed E-state index contributed by atoms with van der Waals surface area (Å²) in [6.45, 7) is 4.92. The van der Waals surface area contributed by atoms with Crippen molar-refractivity contribution in [2.75, 3.05) is 11.9 Å². The normalized spacial score (nSPS) is 10.4. The third-order valence-corrected chi connectivity index (χ3v) is 4.12. The molecule has 1 amide bonds. The average Bonchev–Trinajstić information content (AvgIpc) is 2.65. The molecule has 0 aliphatic carbocycles. The zero-order valence-corrected chi connectivity index (χ0v) is 15.4. The molecule has 0 fully saturated rings. The van der Waals surface area contributed by atoms with Gasteiger partial charge in [0, 0.05) is 11.9 Å². The first-order chi connectivity index (χ1) is 13.1. The summed E-state index contributed by atoms with van der Waals surface area (Å²) in [6.07, 6.45) is 1.69. The van der Waals surface area contributed by atoms with Crippen molar-refractivity contribution in [2.24, 2.45) is 0 Å². The fourth-order valence-electron chi connectivity index (χ4n) is 2.84. The number of pyridine rings is 1. The predicted molar refractivity (Wildman–Crippen MR) is 107 cm³/mol. The first-order valence-corrected chi connectivity index (χ1v) is 8.86. The Balaban J connectivity index is 1.78. The van der Waals surface area contributed by atoms with Crippen LogP contribution in [0.4, 0.5) is 5.69 Å². The summed E-state index contributed by atoms with van der Waals surface area (Å²) in [7, 11) is 0. The van der Waals surface area contributed by atoms with Gasteiger partial charge in [0.25, 0.3) is 11.5 Å². The Hall–Kier alpha value is -3.34. The van der Waals surface area contributed by atoms with Gasteiger partial charge in [-0.2, -0.15) is 0 Å². The number of aromatic nitrogens is 1. The Morgan fingerprint density at radius 1 is 1.07 bits per heavy atom. The quantitative estimate of drug-likeness (QED) is 0.724. The van der Waals surface area contributed by atoms with Crippen LogP contribution in [0.3, 0.4) is 0 Å². The lowest BCUT2D eigenvalue weighted by Crippen LogP contribution is -2.29. The van der Waals surface area contributed by atoms with Crippen LogP contribution >= 0.6 is 0 Å². The molecule has 0 aliphatic rings. The van der Waals surface area contributed by atoms with Crippen molar-refractivity contribution >= 4 is 11.6 Å². The summed E-state index contributed by atoms with van der Waals surface area (Å²) in [5.74, 6) is 0.304. The smallest absolute Gasteiger partial charge is 0.263 e. The number of benzene rings is 2. The van der Waals surface area contributed by atoms with Crippen LogP contribution in [0.15, 0.2) is 71.7 Å². The van der Waals surface area contributed by atoms with Crippen LogP contribution in [0.2, 0.25) is 0 Å². The minimum absolute atomic E-state index is 0.110. The molecule has 1 heterocycles.